The van der Waals surface area contributed by atoms with Crippen LogP contribution in [0.2, 0.25) is 0 Å². The number of nitrogens with zero attached hydrogens (tertiary/aromatic N) is 2. The van der Waals surface area contributed by atoms with Gasteiger partial charge in [0, 0.05) is 32.4 Å². The molecular weight excluding hydrogens is 178 g/mol. The second kappa shape index (κ2) is 4.39. The van der Waals surface area contributed by atoms with Crippen molar-refractivity contribution in [2.45, 2.75) is 6.54 Å². The van der Waals surface area contributed by atoms with Crippen LogP contribution >= 0.6 is 0 Å². The lowest BCUT2D eigenvalue weighted by Crippen LogP contribution is -2.21. The molecule has 0 unspecified atom stereocenters. The van der Waals surface area contributed by atoms with E-state index in [4.69, 9.17) is 4.74 Å². The van der Waals surface area contributed by atoms with E-state index in [1.807, 2.05) is 18.2 Å². The van der Waals surface area contributed by atoms with Gasteiger partial charge in [0.05, 0.1) is 12.8 Å². The highest BCUT2D eigenvalue weighted by Gasteiger charge is 2.11. The molecule has 0 atom stereocenters. The minimum absolute atomic E-state index is 0.689. The van der Waals surface area contributed by atoms with E-state index in [0.717, 1.165) is 32.0 Å². The fraction of sp³-hybridized carbons (Fsp3) is 0.500. The van der Waals surface area contributed by atoms with Gasteiger partial charge < -0.3 is 10.1 Å². The van der Waals surface area contributed by atoms with Crippen LogP contribution in [-0.4, -0.2) is 36.8 Å². The summed E-state index contributed by atoms with van der Waals surface area (Å²) in [7, 11) is 1.64. The normalized spacial score (nSPS) is 17.2. The Morgan fingerprint density at radius 1 is 1.57 bits per heavy atom. The number of pyridine rings is 1. The number of rotatable bonds is 3. The summed E-state index contributed by atoms with van der Waals surface area (Å²) in [5.74, 6) is 0.689. The van der Waals surface area contributed by atoms with Crippen LogP contribution in [0.25, 0.3) is 0 Å². The van der Waals surface area contributed by atoms with E-state index in [9.17, 15) is 0 Å². The summed E-state index contributed by atoms with van der Waals surface area (Å²) in [6.45, 7) is 4.02. The summed E-state index contributed by atoms with van der Waals surface area (Å²) >= 11 is 0. The molecule has 0 spiro atoms. The first kappa shape index (κ1) is 9.43. The third-order valence-corrected chi connectivity index (χ3v) is 2.32. The lowest BCUT2D eigenvalue weighted by atomic mass is 10.3. The standard InChI is InChI=1S/C10H15N3O/c1-14-10-4-2-3-9(12-10)7-13-6-5-11-8-13/h2-4,11H,5-8H2,1H3. The molecule has 4 nitrogen and oxygen atoms in total. The minimum Gasteiger partial charge on any atom is -0.481 e. The second-order valence-corrected chi connectivity index (χ2v) is 3.38. The maximum absolute atomic E-state index is 5.07. The number of aromatic nitrogens is 1. The van der Waals surface area contributed by atoms with E-state index in [0.29, 0.717) is 5.88 Å². The van der Waals surface area contributed by atoms with Crippen molar-refractivity contribution in [1.29, 1.82) is 0 Å². The number of ether oxygens (including phenoxy) is 1. The third kappa shape index (κ3) is 2.21. The highest BCUT2D eigenvalue weighted by atomic mass is 16.5. The minimum atomic E-state index is 0.689. The van der Waals surface area contributed by atoms with Gasteiger partial charge in [-0.25, -0.2) is 4.98 Å². The molecule has 4 heteroatoms. The lowest BCUT2D eigenvalue weighted by Gasteiger charge is -2.13. The molecule has 1 fully saturated rings. The quantitative estimate of drug-likeness (QED) is 0.756. The van der Waals surface area contributed by atoms with Gasteiger partial charge in [-0.2, -0.15) is 0 Å². The SMILES string of the molecule is COc1cccc(CN2CCNC2)n1. The first-order valence-corrected chi connectivity index (χ1v) is 4.81. The molecule has 2 heterocycles. The van der Waals surface area contributed by atoms with Gasteiger partial charge in [-0.1, -0.05) is 6.07 Å². The molecule has 0 amide bonds. The summed E-state index contributed by atoms with van der Waals surface area (Å²) in [5, 5.41) is 3.29. The Hall–Kier alpha value is -1.13. The highest BCUT2D eigenvalue weighted by molar-refractivity contribution is 5.15. The largest absolute Gasteiger partial charge is 0.481 e. The Labute approximate surface area is 83.9 Å². The molecular formula is C10H15N3O. The van der Waals surface area contributed by atoms with Gasteiger partial charge in [0.2, 0.25) is 5.88 Å². The maximum Gasteiger partial charge on any atom is 0.213 e. The summed E-state index contributed by atoms with van der Waals surface area (Å²) in [6, 6.07) is 5.87. The van der Waals surface area contributed by atoms with Crippen LogP contribution in [0.15, 0.2) is 18.2 Å². The van der Waals surface area contributed by atoms with Crippen molar-refractivity contribution in [2.75, 3.05) is 26.9 Å². The van der Waals surface area contributed by atoms with Crippen molar-refractivity contribution >= 4 is 0 Å². The van der Waals surface area contributed by atoms with E-state index < -0.39 is 0 Å². The van der Waals surface area contributed by atoms with Gasteiger partial charge in [0.1, 0.15) is 0 Å². The van der Waals surface area contributed by atoms with Crippen LogP contribution in [0.3, 0.4) is 0 Å². The molecule has 2 rings (SSSR count). The van der Waals surface area contributed by atoms with Gasteiger partial charge in [0.15, 0.2) is 0 Å². The van der Waals surface area contributed by atoms with Crippen LogP contribution < -0.4 is 10.1 Å². The fourth-order valence-electron chi connectivity index (χ4n) is 1.58. The van der Waals surface area contributed by atoms with E-state index >= 15 is 0 Å². The Bertz CT molecular complexity index is 297. The van der Waals surface area contributed by atoms with Crippen LogP contribution in [0, 0.1) is 0 Å². The molecule has 0 saturated carbocycles. The fourth-order valence-corrected chi connectivity index (χ4v) is 1.58. The van der Waals surface area contributed by atoms with Gasteiger partial charge in [-0.3, -0.25) is 4.90 Å². The molecule has 1 N–H and O–H groups in total. The molecule has 1 saturated heterocycles. The second-order valence-electron chi connectivity index (χ2n) is 3.38. The van der Waals surface area contributed by atoms with E-state index in [2.05, 4.69) is 15.2 Å². The molecule has 0 bridgehead atoms. The summed E-state index contributed by atoms with van der Waals surface area (Å²) in [5.41, 5.74) is 1.06. The van der Waals surface area contributed by atoms with Crippen molar-refractivity contribution < 1.29 is 4.74 Å². The zero-order valence-electron chi connectivity index (χ0n) is 8.36. The predicted octanol–water partition coefficient (Wildman–Crippen LogP) is 0.453. The Balaban J connectivity index is 2.00. The number of methoxy groups -OCH3 is 1. The number of hydrogen-bond acceptors (Lipinski definition) is 4. The predicted molar refractivity (Wildman–Crippen MR) is 54.1 cm³/mol. The van der Waals surface area contributed by atoms with Gasteiger partial charge in [-0.15, -0.1) is 0 Å². The zero-order chi connectivity index (χ0) is 9.80. The van der Waals surface area contributed by atoms with Gasteiger partial charge >= 0.3 is 0 Å². The smallest absolute Gasteiger partial charge is 0.213 e. The van der Waals surface area contributed by atoms with E-state index in [-0.39, 0.29) is 0 Å². The molecule has 14 heavy (non-hydrogen) atoms. The third-order valence-electron chi connectivity index (χ3n) is 2.32. The van der Waals surface area contributed by atoms with Crippen LogP contribution in [0.5, 0.6) is 5.88 Å². The average Bonchev–Trinajstić information content (AvgIpc) is 2.71. The Kier molecular flexibility index (Phi) is 2.96. The van der Waals surface area contributed by atoms with Crippen LogP contribution in [0.1, 0.15) is 5.69 Å². The van der Waals surface area contributed by atoms with Crippen molar-refractivity contribution in [3.8, 4) is 5.88 Å². The lowest BCUT2D eigenvalue weighted by molar-refractivity contribution is 0.319. The molecule has 0 aromatic carbocycles. The molecule has 76 valence electrons. The maximum atomic E-state index is 5.07. The molecule has 0 aliphatic carbocycles. The summed E-state index contributed by atoms with van der Waals surface area (Å²) in [4.78, 5) is 6.68. The molecule has 0 radical (unpaired) electrons. The monoisotopic (exact) mass is 193 g/mol. The summed E-state index contributed by atoms with van der Waals surface area (Å²) < 4.78 is 5.07. The van der Waals surface area contributed by atoms with Crippen molar-refractivity contribution in [3.05, 3.63) is 23.9 Å². The summed E-state index contributed by atoms with van der Waals surface area (Å²) in [6.07, 6.45) is 0. The van der Waals surface area contributed by atoms with E-state index in [1.54, 1.807) is 7.11 Å². The molecule has 1 aromatic heterocycles. The Morgan fingerprint density at radius 2 is 2.50 bits per heavy atom. The first-order valence-electron chi connectivity index (χ1n) is 4.81. The molecule has 1 aliphatic rings. The zero-order valence-corrected chi connectivity index (χ0v) is 8.36. The molecule has 1 aromatic rings. The van der Waals surface area contributed by atoms with Crippen LogP contribution in [-0.2, 0) is 6.54 Å². The highest BCUT2D eigenvalue weighted by Crippen LogP contribution is 2.09. The first-order chi connectivity index (χ1) is 6.88. The van der Waals surface area contributed by atoms with E-state index in [1.165, 1.54) is 0 Å². The van der Waals surface area contributed by atoms with Gasteiger partial charge in [0.25, 0.3) is 0 Å². The van der Waals surface area contributed by atoms with Crippen LogP contribution in [0.4, 0.5) is 0 Å². The number of hydrogen-bond donors (Lipinski definition) is 1. The van der Waals surface area contributed by atoms with Gasteiger partial charge in [-0.05, 0) is 6.07 Å². The average molecular weight is 193 g/mol. The van der Waals surface area contributed by atoms with Crippen molar-refractivity contribution in [3.63, 3.8) is 0 Å². The number of nitrogens with one attached hydrogen (secondary N) is 1. The topological polar surface area (TPSA) is 37.4 Å². The molecule has 1 aliphatic heterocycles. The van der Waals surface area contributed by atoms with Crippen molar-refractivity contribution in [2.24, 2.45) is 0 Å². The van der Waals surface area contributed by atoms with Crippen molar-refractivity contribution in [1.82, 2.24) is 15.2 Å². The Morgan fingerprint density at radius 3 is 3.21 bits per heavy atom.